The van der Waals surface area contributed by atoms with Gasteiger partial charge in [0.25, 0.3) is 0 Å². The van der Waals surface area contributed by atoms with Crippen molar-refractivity contribution in [1.82, 2.24) is 9.78 Å². The number of hydrogen-bond donors (Lipinski definition) is 0. The second-order valence-corrected chi connectivity index (χ2v) is 6.05. The van der Waals surface area contributed by atoms with Crippen LogP contribution in [0.2, 0.25) is 0 Å². The van der Waals surface area contributed by atoms with E-state index in [1.807, 2.05) is 0 Å². The summed E-state index contributed by atoms with van der Waals surface area (Å²) in [5, 5.41) is 5.93. The van der Waals surface area contributed by atoms with E-state index in [2.05, 4.69) is 69.7 Å². The number of fused-ring (bicyclic) bond motifs is 1. The van der Waals surface area contributed by atoms with Crippen LogP contribution >= 0.6 is 0 Å². The molecular weight excluding hydrogens is 220 g/mol. The summed E-state index contributed by atoms with van der Waals surface area (Å²) in [6, 6.07) is 5.01. The van der Waals surface area contributed by atoms with Crippen LogP contribution in [0, 0.1) is 0 Å². The zero-order valence-electron chi connectivity index (χ0n) is 12.4. The van der Waals surface area contributed by atoms with Gasteiger partial charge in [0.2, 0.25) is 0 Å². The van der Waals surface area contributed by atoms with Gasteiger partial charge in [0.15, 0.2) is 0 Å². The molecule has 2 aromatic rings. The fourth-order valence-electron chi connectivity index (χ4n) is 2.39. The third-order valence-corrected chi connectivity index (χ3v) is 3.50. The van der Waals surface area contributed by atoms with Crippen LogP contribution in [-0.4, -0.2) is 9.78 Å². The molecule has 0 fully saturated rings. The molecule has 0 aliphatic carbocycles. The van der Waals surface area contributed by atoms with Gasteiger partial charge >= 0.3 is 0 Å². The van der Waals surface area contributed by atoms with Crippen LogP contribution in [-0.2, 0) is 0 Å². The Balaban J connectivity index is 2.65. The summed E-state index contributed by atoms with van der Waals surface area (Å²) >= 11 is 0. The van der Waals surface area contributed by atoms with E-state index in [4.69, 9.17) is 0 Å². The Morgan fingerprint density at radius 3 is 1.94 bits per heavy atom. The van der Waals surface area contributed by atoms with Crippen molar-refractivity contribution in [3.05, 3.63) is 29.5 Å². The number of aromatic nitrogens is 2. The first-order chi connectivity index (χ1) is 8.40. The summed E-state index contributed by atoms with van der Waals surface area (Å²) in [6.45, 7) is 13.4. The molecule has 0 atom stereocenters. The van der Waals surface area contributed by atoms with E-state index in [1.54, 1.807) is 0 Å². The van der Waals surface area contributed by atoms with Crippen LogP contribution < -0.4 is 0 Å². The van der Waals surface area contributed by atoms with Crippen molar-refractivity contribution >= 4 is 10.9 Å². The summed E-state index contributed by atoms with van der Waals surface area (Å²) < 4.78 is 2.05. The van der Waals surface area contributed by atoms with Crippen molar-refractivity contribution in [2.24, 2.45) is 0 Å². The van der Waals surface area contributed by atoms with E-state index in [0.29, 0.717) is 17.9 Å². The molecule has 2 nitrogen and oxygen atoms in total. The van der Waals surface area contributed by atoms with Crippen molar-refractivity contribution in [2.75, 3.05) is 0 Å². The van der Waals surface area contributed by atoms with E-state index >= 15 is 0 Å². The van der Waals surface area contributed by atoms with Gasteiger partial charge in [-0.1, -0.05) is 27.7 Å². The first-order valence-electron chi connectivity index (χ1n) is 6.92. The molecule has 18 heavy (non-hydrogen) atoms. The molecule has 98 valence electrons. The van der Waals surface area contributed by atoms with Gasteiger partial charge in [-0.2, -0.15) is 5.10 Å². The molecule has 0 aliphatic heterocycles. The summed E-state index contributed by atoms with van der Waals surface area (Å²) in [6.07, 6.45) is 2.16. The Morgan fingerprint density at radius 2 is 1.44 bits per heavy atom. The Hall–Kier alpha value is -1.31. The Morgan fingerprint density at radius 1 is 0.889 bits per heavy atom. The highest BCUT2D eigenvalue weighted by Gasteiger charge is 2.13. The smallest absolute Gasteiger partial charge is 0.0926 e. The molecular formula is C16H24N2. The Bertz CT molecular complexity index is 502. The normalized spacial score (nSPS) is 12.3. The van der Waals surface area contributed by atoms with Gasteiger partial charge in [0, 0.05) is 17.6 Å². The zero-order chi connectivity index (χ0) is 13.4. The van der Waals surface area contributed by atoms with Crippen LogP contribution in [0.15, 0.2) is 18.3 Å². The maximum atomic E-state index is 4.67. The van der Waals surface area contributed by atoms with Gasteiger partial charge < -0.3 is 0 Å². The van der Waals surface area contributed by atoms with Crippen molar-refractivity contribution in [1.29, 1.82) is 0 Å². The second-order valence-electron chi connectivity index (χ2n) is 6.05. The highest BCUT2D eigenvalue weighted by Crippen LogP contribution is 2.30. The topological polar surface area (TPSA) is 17.8 Å². The summed E-state index contributed by atoms with van der Waals surface area (Å²) in [7, 11) is 0. The predicted octanol–water partition coefficient (Wildman–Crippen LogP) is 4.86. The molecule has 0 saturated carbocycles. The average molecular weight is 244 g/mol. The first-order valence-corrected chi connectivity index (χ1v) is 6.92. The van der Waals surface area contributed by atoms with Crippen LogP contribution in [0.4, 0.5) is 0 Å². The quantitative estimate of drug-likeness (QED) is 0.753. The molecule has 0 unspecified atom stereocenters. The molecule has 1 aromatic heterocycles. The predicted molar refractivity (Wildman–Crippen MR) is 78.3 cm³/mol. The average Bonchev–Trinajstić information content (AvgIpc) is 2.69. The summed E-state index contributed by atoms with van der Waals surface area (Å²) in [5.74, 6) is 1.12. The summed E-state index contributed by atoms with van der Waals surface area (Å²) in [4.78, 5) is 0. The minimum absolute atomic E-state index is 0.419. The first kappa shape index (κ1) is 13.1. The maximum absolute atomic E-state index is 4.67. The van der Waals surface area contributed by atoms with Gasteiger partial charge in [-0.05, 0) is 48.9 Å². The number of rotatable bonds is 3. The third kappa shape index (κ3) is 2.29. The largest absolute Gasteiger partial charge is 0.269 e. The second kappa shape index (κ2) is 4.75. The Labute approximate surface area is 110 Å². The fraction of sp³-hybridized carbons (Fsp3) is 0.562. The molecule has 2 heteroatoms. The number of hydrogen-bond acceptors (Lipinski definition) is 1. The van der Waals surface area contributed by atoms with Crippen molar-refractivity contribution < 1.29 is 0 Å². The molecule has 0 saturated heterocycles. The van der Waals surface area contributed by atoms with Crippen LogP contribution in [0.25, 0.3) is 10.9 Å². The number of nitrogens with zero attached hydrogens (tertiary/aromatic N) is 2. The molecule has 0 aliphatic rings. The molecule has 0 N–H and O–H groups in total. The van der Waals surface area contributed by atoms with Crippen molar-refractivity contribution in [2.45, 2.75) is 59.4 Å². The minimum atomic E-state index is 0.419. The van der Waals surface area contributed by atoms with E-state index in [0.717, 1.165) is 5.52 Å². The standard InChI is InChI=1S/C16H24N2/c1-10(2)14-7-13-9-18(12(5)6)17-16(13)8-15(14)11(3)4/h7-12H,1-6H3. The number of benzene rings is 1. The molecule has 0 amide bonds. The molecule has 0 bridgehead atoms. The van der Waals surface area contributed by atoms with Gasteiger partial charge in [-0.3, -0.25) is 4.68 Å². The van der Waals surface area contributed by atoms with Crippen molar-refractivity contribution in [3.63, 3.8) is 0 Å². The van der Waals surface area contributed by atoms with Gasteiger partial charge in [-0.25, -0.2) is 0 Å². The lowest BCUT2D eigenvalue weighted by atomic mass is 9.89. The lowest BCUT2D eigenvalue weighted by Crippen LogP contribution is -2.00. The minimum Gasteiger partial charge on any atom is -0.269 e. The van der Waals surface area contributed by atoms with Crippen LogP contribution in [0.1, 0.15) is 70.5 Å². The van der Waals surface area contributed by atoms with Gasteiger partial charge in [0.1, 0.15) is 0 Å². The van der Waals surface area contributed by atoms with Gasteiger partial charge in [0.05, 0.1) is 5.52 Å². The molecule has 2 rings (SSSR count). The van der Waals surface area contributed by atoms with Crippen LogP contribution in [0.3, 0.4) is 0 Å². The fourth-order valence-corrected chi connectivity index (χ4v) is 2.39. The van der Waals surface area contributed by atoms with Gasteiger partial charge in [-0.15, -0.1) is 0 Å². The third-order valence-electron chi connectivity index (χ3n) is 3.50. The lowest BCUT2D eigenvalue weighted by molar-refractivity contribution is 0.537. The highest BCUT2D eigenvalue weighted by molar-refractivity contribution is 5.80. The monoisotopic (exact) mass is 244 g/mol. The zero-order valence-corrected chi connectivity index (χ0v) is 12.4. The molecule has 0 spiro atoms. The van der Waals surface area contributed by atoms with Crippen LogP contribution in [0.5, 0.6) is 0 Å². The molecule has 0 radical (unpaired) electrons. The highest BCUT2D eigenvalue weighted by atomic mass is 15.3. The molecule has 1 aromatic carbocycles. The van der Waals surface area contributed by atoms with E-state index in [9.17, 15) is 0 Å². The van der Waals surface area contributed by atoms with E-state index < -0.39 is 0 Å². The van der Waals surface area contributed by atoms with E-state index in [-0.39, 0.29) is 0 Å². The maximum Gasteiger partial charge on any atom is 0.0926 e. The van der Waals surface area contributed by atoms with E-state index in [1.165, 1.54) is 16.5 Å². The Kier molecular flexibility index (Phi) is 3.47. The molecule has 1 heterocycles. The lowest BCUT2D eigenvalue weighted by Gasteiger charge is -2.15. The summed E-state index contributed by atoms with van der Waals surface area (Å²) in [5.41, 5.74) is 4.02. The SMILES string of the molecule is CC(C)c1cc2cn(C(C)C)nc2cc1C(C)C. The van der Waals surface area contributed by atoms with Crippen molar-refractivity contribution in [3.8, 4) is 0 Å².